The molecule has 1 aliphatic heterocycles. The Labute approximate surface area is 150 Å². The minimum Gasteiger partial charge on any atom is -0.497 e. The fraction of sp³-hybridized carbons (Fsp3) is 0.368. The molecule has 0 spiro atoms. The number of nitrogens with zero attached hydrogens (tertiary/aromatic N) is 1. The fourth-order valence-electron chi connectivity index (χ4n) is 2.85. The van der Waals surface area contributed by atoms with Gasteiger partial charge in [0.2, 0.25) is 0 Å². The lowest BCUT2D eigenvalue weighted by Gasteiger charge is -2.16. The molecule has 0 saturated carbocycles. The minimum absolute atomic E-state index is 0.214. The monoisotopic (exact) mass is 359 g/mol. The van der Waals surface area contributed by atoms with Crippen LogP contribution in [0.4, 0.5) is 0 Å². The molecule has 0 bridgehead atoms. The van der Waals surface area contributed by atoms with E-state index in [2.05, 4.69) is 0 Å². The van der Waals surface area contributed by atoms with Crippen LogP contribution >= 0.6 is 0 Å². The van der Waals surface area contributed by atoms with Gasteiger partial charge < -0.3 is 23.5 Å². The molecule has 2 heterocycles. The van der Waals surface area contributed by atoms with E-state index in [0.29, 0.717) is 36.7 Å². The van der Waals surface area contributed by atoms with E-state index < -0.39 is 12.3 Å². The third kappa shape index (κ3) is 3.95. The number of benzene rings is 1. The molecule has 1 saturated heterocycles. The van der Waals surface area contributed by atoms with Crippen molar-refractivity contribution in [1.29, 1.82) is 0 Å². The van der Waals surface area contributed by atoms with Gasteiger partial charge in [0.25, 0.3) is 5.56 Å². The van der Waals surface area contributed by atoms with Crippen molar-refractivity contribution in [2.45, 2.75) is 19.8 Å². The number of carbonyl (C=O) groups is 1. The molecule has 0 amide bonds. The number of fused-ring (bicyclic) bond motifs is 1. The maximum atomic E-state index is 12.7. The van der Waals surface area contributed by atoms with Gasteiger partial charge in [0.15, 0.2) is 6.29 Å². The molecule has 7 nitrogen and oxygen atoms in total. The van der Waals surface area contributed by atoms with Crippen LogP contribution in [-0.4, -0.2) is 43.8 Å². The zero-order valence-corrected chi connectivity index (χ0v) is 14.8. The molecule has 0 radical (unpaired) electrons. The second kappa shape index (κ2) is 8.16. The zero-order valence-electron chi connectivity index (χ0n) is 14.8. The standard InChI is InChI=1S/C19H21NO6/c1-3-24-18(22)7-4-13-10-17(21)20(12-19-25-8-9-26-19)16-11-14(23-2)5-6-15(13)16/h4-7,10-11,19H,3,8-9,12H2,1-2H3/b7-4+. The third-order valence-corrected chi connectivity index (χ3v) is 4.06. The average Bonchev–Trinajstić information content (AvgIpc) is 3.15. The molecule has 3 rings (SSSR count). The Morgan fingerprint density at radius 1 is 1.31 bits per heavy atom. The van der Waals surface area contributed by atoms with Crippen LogP contribution < -0.4 is 10.3 Å². The molecule has 1 aromatic heterocycles. The summed E-state index contributed by atoms with van der Waals surface area (Å²) in [5.41, 5.74) is 1.10. The summed E-state index contributed by atoms with van der Waals surface area (Å²) in [5, 5.41) is 0.809. The van der Waals surface area contributed by atoms with E-state index in [9.17, 15) is 9.59 Å². The zero-order chi connectivity index (χ0) is 18.5. The van der Waals surface area contributed by atoms with Crippen molar-refractivity contribution < 1.29 is 23.7 Å². The molecule has 2 aromatic rings. The summed E-state index contributed by atoms with van der Waals surface area (Å²) in [4.78, 5) is 24.3. The van der Waals surface area contributed by atoms with Gasteiger partial charge in [-0.15, -0.1) is 0 Å². The van der Waals surface area contributed by atoms with E-state index >= 15 is 0 Å². The van der Waals surface area contributed by atoms with Crippen LogP contribution in [-0.2, 0) is 25.5 Å². The molecule has 1 aromatic carbocycles. The van der Waals surface area contributed by atoms with Crippen molar-refractivity contribution in [2.24, 2.45) is 0 Å². The lowest BCUT2D eigenvalue weighted by molar-refractivity contribution is -0.137. The van der Waals surface area contributed by atoms with Crippen molar-refractivity contribution in [1.82, 2.24) is 4.57 Å². The maximum Gasteiger partial charge on any atom is 0.330 e. The summed E-state index contributed by atoms with van der Waals surface area (Å²) in [6.07, 6.45) is 2.44. The summed E-state index contributed by atoms with van der Waals surface area (Å²) >= 11 is 0. The molecule has 1 fully saturated rings. The van der Waals surface area contributed by atoms with Gasteiger partial charge in [0, 0.05) is 23.6 Å². The van der Waals surface area contributed by atoms with Gasteiger partial charge in [-0.05, 0) is 30.7 Å². The fourth-order valence-corrected chi connectivity index (χ4v) is 2.85. The minimum atomic E-state index is -0.456. The van der Waals surface area contributed by atoms with Crippen LogP contribution in [0.3, 0.4) is 0 Å². The smallest absolute Gasteiger partial charge is 0.330 e. The van der Waals surface area contributed by atoms with Crippen LogP contribution in [0.15, 0.2) is 35.1 Å². The SMILES string of the molecule is CCOC(=O)/C=C/c1cc(=O)n(CC2OCCO2)c2cc(OC)ccc12. The molecule has 26 heavy (non-hydrogen) atoms. The Kier molecular flexibility index (Phi) is 5.70. The summed E-state index contributed by atoms with van der Waals surface area (Å²) < 4.78 is 22.7. The molecule has 0 atom stereocenters. The number of ether oxygens (including phenoxy) is 4. The number of hydrogen-bond donors (Lipinski definition) is 0. The number of aromatic nitrogens is 1. The third-order valence-electron chi connectivity index (χ3n) is 4.06. The highest BCUT2D eigenvalue weighted by molar-refractivity contribution is 5.94. The average molecular weight is 359 g/mol. The molecular weight excluding hydrogens is 338 g/mol. The number of pyridine rings is 1. The van der Waals surface area contributed by atoms with Crippen LogP contribution in [0.1, 0.15) is 12.5 Å². The predicted molar refractivity (Wildman–Crippen MR) is 96.1 cm³/mol. The van der Waals surface area contributed by atoms with E-state index in [4.69, 9.17) is 18.9 Å². The first-order chi connectivity index (χ1) is 12.6. The van der Waals surface area contributed by atoms with Gasteiger partial charge in [-0.3, -0.25) is 4.79 Å². The Balaban J connectivity index is 2.07. The van der Waals surface area contributed by atoms with E-state index in [1.54, 1.807) is 36.8 Å². The van der Waals surface area contributed by atoms with Crippen molar-refractivity contribution >= 4 is 22.9 Å². The molecule has 1 aliphatic rings. The van der Waals surface area contributed by atoms with Crippen LogP contribution in [0.25, 0.3) is 17.0 Å². The lowest BCUT2D eigenvalue weighted by Crippen LogP contribution is -2.27. The number of esters is 1. The molecule has 0 unspecified atom stereocenters. The van der Waals surface area contributed by atoms with Crippen LogP contribution in [0.5, 0.6) is 5.75 Å². The summed E-state index contributed by atoms with van der Waals surface area (Å²) in [7, 11) is 1.57. The van der Waals surface area contributed by atoms with Gasteiger partial charge in [0.1, 0.15) is 5.75 Å². The Morgan fingerprint density at radius 2 is 2.08 bits per heavy atom. The lowest BCUT2D eigenvalue weighted by atomic mass is 10.1. The Bertz CT molecular complexity index is 879. The normalized spacial score (nSPS) is 15.0. The van der Waals surface area contributed by atoms with Crippen LogP contribution in [0.2, 0.25) is 0 Å². The molecule has 0 aliphatic carbocycles. The van der Waals surface area contributed by atoms with E-state index in [-0.39, 0.29) is 12.1 Å². The molecule has 7 heteroatoms. The molecule has 0 N–H and O–H groups in total. The first kappa shape index (κ1) is 18.2. The number of methoxy groups -OCH3 is 1. The number of hydrogen-bond acceptors (Lipinski definition) is 6. The second-order valence-electron chi connectivity index (χ2n) is 5.69. The first-order valence-electron chi connectivity index (χ1n) is 8.42. The van der Waals surface area contributed by atoms with Gasteiger partial charge in [-0.2, -0.15) is 0 Å². The predicted octanol–water partition coefficient (Wildman–Crippen LogP) is 1.96. The van der Waals surface area contributed by atoms with Crippen molar-refractivity contribution in [3.05, 3.63) is 46.3 Å². The topological polar surface area (TPSA) is 76.0 Å². The Hall–Kier alpha value is -2.64. The van der Waals surface area contributed by atoms with Crippen molar-refractivity contribution in [2.75, 3.05) is 26.9 Å². The highest BCUT2D eigenvalue weighted by atomic mass is 16.7. The van der Waals surface area contributed by atoms with Crippen molar-refractivity contribution in [3.8, 4) is 5.75 Å². The summed E-state index contributed by atoms with van der Waals surface area (Å²) in [6.45, 7) is 3.35. The first-order valence-corrected chi connectivity index (χ1v) is 8.42. The molecule has 138 valence electrons. The van der Waals surface area contributed by atoms with E-state index in [0.717, 1.165) is 5.39 Å². The highest BCUT2D eigenvalue weighted by Crippen LogP contribution is 2.24. The van der Waals surface area contributed by atoms with Crippen molar-refractivity contribution in [3.63, 3.8) is 0 Å². The maximum absolute atomic E-state index is 12.7. The quantitative estimate of drug-likeness (QED) is 0.580. The summed E-state index contributed by atoms with van der Waals surface area (Å²) in [5.74, 6) is 0.177. The Morgan fingerprint density at radius 3 is 2.77 bits per heavy atom. The van der Waals surface area contributed by atoms with E-state index in [1.165, 1.54) is 12.1 Å². The van der Waals surface area contributed by atoms with Crippen LogP contribution in [0, 0.1) is 0 Å². The van der Waals surface area contributed by atoms with Gasteiger partial charge in [-0.1, -0.05) is 0 Å². The molecular formula is C19H21NO6. The van der Waals surface area contributed by atoms with Gasteiger partial charge >= 0.3 is 5.97 Å². The largest absolute Gasteiger partial charge is 0.497 e. The van der Waals surface area contributed by atoms with Gasteiger partial charge in [0.05, 0.1) is 39.0 Å². The highest BCUT2D eigenvalue weighted by Gasteiger charge is 2.19. The number of carbonyl (C=O) groups excluding carboxylic acids is 1. The van der Waals surface area contributed by atoms with Gasteiger partial charge in [-0.25, -0.2) is 4.79 Å². The van der Waals surface area contributed by atoms with E-state index in [1.807, 2.05) is 6.07 Å². The summed E-state index contributed by atoms with van der Waals surface area (Å²) in [6, 6.07) is 6.93. The number of rotatable bonds is 6. The second-order valence-corrected chi connectivity index (χ2v) is 5.69.